The van der Waals surface area contributed by atoms with Crippen molar-refractivity contribution >= 4 is 0 Å². The van der Waals surface area contributed by atoms with E-state index in [-0.39, 0.29) is 5.60 Å². The molecule has 0 aromatic heterocycles. The molecule has 0 radical (unpaired) electrons. The zero-order chi connectivity index (χ0) is 8.20. The number of hydrogen-bond acceptors (Lipinski definition) is 2. The Labute approximate surface area is 64.0 Å². The van der Waals surface area contributed by atoms with Crippen LogP contribution < -0.4 is 5.32 Å². The molecular formula is C8H19NO. The van der Waals surface area contributed by atoms with Crippen LogP contribution in [-0.2, 0) is 4.74 Å². The molecule has 0 fully saturated rings. The molecule has 0 heterocycles. The molecule has 0 aliphatic carbocycles. The average Bonchev–Trinajstić information content (AvgIpc) is 1.59. The zero-order valence-electron chi connectivity index (χ0n) is 7.69. The summed E-state index contributed by atoms with van der Waals surface area (Å²) in [5.74, 6) is 0. The molecule has 2 nitrogen and oxygen atoms in total. The van der Waals surface area contributed by atoms with E-state index in [1.165, 1.54) is 0 Å². The van der Waals surface area contributed by atoms with Crippen molar-refractivity contribution in [2.75, 3.05) is 13.6 Å². The van der Waals surface area contributed by atoms with Gasteiger partial charge in [-0.05, 0) is 34.7 Å². The summed E-state index contributed by atoms with van der Waals surface area (Å²) in [6, 6.07) is 0. The van der Waals surface area contributed by atoms with Gasteiger partial charge in [0.25, 0.3) is 0 Å². The van der Waals surface area contributed by atoms with Crippen LogP contribution >= 0.6 is 0 Å². The lowest BCUT2D eigenvalue weighted by atomic mass is 10.1. The maximum atomic E-state index is 5.62. The maximum Gasteiger partial charge on any atom is 0.0753 e. The highest BCUT2D eigenvalue weighted by Gasteiger charge is 2.17. The minimum absolute atomic E-state index is 0.0388. The van der Waals surface area contributed by atoms with Gasteiger partial charge < -0.3 is 10.1 Å². The molecule has 1 N–H and O–H groups in total. The Kier molecular flexibility index (Phi) is 3.91. The normalized spacial score (nSPS) is 12.6. The molecule has 0 aliphatic rings. The molecule has 0 aromatic carbocycles. The highest BCUT2D eigenvalue weighted by atomic mass is 16.5. The van der Waals surface area contributed by atoms with Gasteiger partial charge in [0.15, 0.2) is 0 Å². The predicted molar refractivity (Wildman–Crippen MR) is 44.2 cm³/mol. The van der Waals surface area contributed by atoms with Gasteiger partial charge >= 0.3 is 0 Å². The quantitative estimate of drug-likeness (QED) is 0.646. The largest absolute Gasteiger partial charge is 0.372 e. The number of nitrogens with one attached hydrogen (secondary N) is 1. The third-order valence-electron chi connectivity index (χ3n) is 1.16. The van der Waals surface area contributed by atoms with Crippen LogP contribution in [-0.4, -0.2) is 25.3 Å². The third kappa shape index (κ3) is 4.77. The van der Waals surface area contributed by atoms with E-state index in [0.717, 1.165) is 6.54 Å². The highest BCUT2D eigenvalue weighted by Crippen LogP contribution is 2.09. The number of hydrogen-bond donors (Lipinski definition) is 1. The fourth-order valence-corrected chi connectivity index (χ4v) is 1.11. The summed E-state index contributed by atoms with van der Waals surface area (Å²) in [5, 5.41) is 3.09. The van der Waals surface area contributed by atoms with Gasteiger partial charge in [-0.25, -0.2) is 0 Å². The van der Waals surface area contributed by atoms with Gasteiger partial charge in [0.2, 0.25) is 0 Å². The molecule has 0 rings (SSSR count). The van der Waals surface area contributed by atoms with E-state index < -0.39 is 0 Å². The molecule has 0 spiro atoms. The van der Waals surface area contributed by atoms with Crippen molar-refractivity contribution in [2.45, 2.75) is 39.4 Å². The van der Waals surface area contributed by atoms with E-state index >= 15 is 0 Å². The molecule has 0 aliphatic heterocycles. The first-order valence-electron chi connectivity index (χ1n) is 3.80. The van der Waals surface area contributed by atoms with E-state index in [1.807, 2.05) is 7.05 Å². The zero-order valence-corrected chi connectivity index (χ0v) is 7.69. The summed E-state index contributed by atoms with van der Waals surface area (Å²) in [7, 11) is 1.94. The van der Waals surface area contributed by atoms with E-state index in [0.29, 0.717) is 6.10 Å². The Morgan fingerprint density at radius 3 is 2.20 bits per heavy atom. The van der Waals surface area contributed by atoms with Gasteiger partial charge in [0.1, 0.15) is 0 Å². The van der Waals surface area contributed by atoms with Crippen molar-refractivity contribution in [1.82, 2.24) is 5.32 Å². The van der Waals surface area contributed by atoms with Crippen LogP contribution in [0.5, 0.6) is 0 Å². The van der Waals surface area contributed by atoms with Crippen molar-refractivity contribution in [3.8, 4) is 0 Å². The average molecular weight is 145 g/mol. The monoisotopic (exact) mass is 145 g/mol. The number of ether oxygens (including phenoxy) is 1. The maximum absolute atomic E-state index is 5.62. The SMILES string of the molecule is CNCC(C)(C)OC(C)C. The molecule has 62 valence electrons. The first kappa shape index (κ1) is 9.92. The molecule has 10 heavy (non-hydrogen) atoms. The van der Waals surface area contributed by atoms with Crippen molar-refractivity contribution in [3.63, 3.8) is 0 Å². The molecule has 0 saturated carbocycles. The Bertz CT molecular complexity index is 89.3. The Hall–Kier alpha value is -0.0800. The summed E-state index contributed by atoms with van der Waals surface area (Å²) < 4.78 is 5.62. The Balaban J connectivity index is 3.63. The fraction of sp³-hybridized carbons (Fsp3) is 1.00. The van der Waals surface area contributed by atoms with Gasteiger partial charge in [-0.3, -0.25) is 0 Å². The van der Waals surface area contributed by atoms with E-state index in [4.69, 9.17) is 4.74 Å². The van der Waals surface area contributed by atoms with Gasteiger partial charge in [-0.2, -0.15) is 0 Å². The summed E-state index contributed by atoms with van der Waals surface area (Å²) in [5.41, 5.74) is -0.0388. The standard InChI is InChI=1S/C8H19NO/c1-7(2)10-8(3,4)6-9-5/h7,9H,6H2,1-5H3. The third-order valence-corrected chi connectivity index (χ3v) is 1.16. The number of rotatable bonds is 4. The molecule has 0 bridgehead atoms. The van der Waals surface area contributed by atoms with Gasteiger partial charge in [-0.15, -0.1) is 0 Å². The Morgan fingerprint density at radius 1 is 1.40 bits per heavy atom. The molecule has 0 saturated heterocycles. The highest BCUT2D eigenvalue weighted by molar-refractivity contribution is 4.71. The summed E-state index contributed by atoms with van der Waals surface area (Å²) >= 11 is 0. The van der Waals surface area contributed by atoms with Crippen LogP contribution in [0.25, 0.3) is 0 Å². The second kappa shape index (κ2) is 3.94. The molecule has 0 aromatic rings. The Morgan fingerprint density at radius 2 is 1.90 bits per heavy atom. The summed E-state index contributed by atoms with van der Waals surface area (Å²) in [4.78, 5) is 0. The second-order valence-corrected chi connectivity index (χ2v) is 3.46. The smallest absolute Gasteiger partial charge is 0.0753 e. The minimum Gasteiger partial charge on any atom is -0.372 e. The van der Waals surface area contributed by atoms with E-state index in [9.17, 15) is 0 Å². The van der Waals surface area contributed by atoms with Crippen LogP contribution in [0.15, 0.2) is 0 Å². The van der Waals surface area contributed by atoms with Gasteiger partial charge in [-0.1, -0.05) is 0 Å². The van der Waals surface area contributed by atoms with Crippen molar-refractivity contribution in [1.29, 1.82) is 0 Å². The van der Waals surface area contributed by atoms with Crippen molar-refractivity contribution in [3.05, 3.63) is 0 Å². The van der Waals surface area contributed by atoms with Crippen LogP contribution in [0.1, 0.15) is 27.7 Å². The van der Waals surface area contributed by atoms with Crippen LogP contribution in [0.2, 0.25) is 0 Å². The van der Waals surface area contributed by atoms with Crippen molar-refractivity contribution in [2.24, 2.45) is 0 Å². The lowest BCUT2D eigenvalue weighted by molar-refractivity contribution is -0.0527. The minimum atomic E-state index is -0.0388. The molecule has 0 atom stereocenters. The molecular weight excluding hydrogens is 126 g/mol. The van der Waals surface area contributed by atoms with Gasteiger partial charge in [0.05, 0.1) is 11.7 Å². The second-order valence-electron chi connectivity index (χ2n) is 3.46. The van der Waals surface area contributed by atoms with Crippen LogP contribution in [0.3, 0.4) is 0 Å². The summed E-state index contributed by atoms with van der Waals surface area (Å²) in [6.45, 7) is 9.17. The molecule has 0 amide bonds. The fourth-order valence-electron chi connectivity index (χ4n) is 1.11. The van der Waals surface area contributed by atoms with Crippen LogP contribution in [0, 0.1) is 0 Å². The molecule has 2 heteroatoms. The topological polar surface area (TPSA) is 21.3 Å². The van der Waals surface area contributed by atoms with E-state index in [2.05, 4.69) is 33.0 Å². The number of likely N-dealkylation sites (N-methyl/N-ethyl adjacent to an activating group) is 1. The molecule has 0 unspecified atom stereocenters. The lowest BCUT2D eigenvalue weighted by Crippen LogP contribution is -2.37. The first-order valence-corrected chi connectivity index (χ1v) is 3.80. The van der Waals surface area contributed by atoms with Crippen LogP contribution in [0.4, 0.5) is 0 Å². The first-order chi connectivity index (χ1) is 4.48. The summed E-state index contributed by atoms with van der Waals surface area (Å²) in [6.07, 6.45) is 0.309. The lowest BCUT2D eigenvalue weighted by Gasteiger charge is -2.27. The van der Waals surface area contributed by atoms with Crippen molar-refractivity contribution < 1.29 is 4.74 Å². The van der Waals surface area contributed by atoms with E-state index in [1.54, 1.807) is 0 Å². The predicted octanol–water partition coefficient (Wildman–Crippen LogP) is 1.41. The van der Waals surface area contributed by atoms with Gasteiger partial charge in [0, 0.05) is 6.54 Å².